The molecule has 0 aromatic carbocycles. The largest absolute Gasteiger partial charge is 0.337 e. The lowest BCUT2D eigenvalue weighted by Crippen LogP contribution is -2.39. The van der Waals surface area contributed by atoms with Gasteiger partial charge in [-0.1, -0.05) is 13.3 Å². The van der Waals surface area contributed by atoms with Gasteiger partial charge >= 0.3 is 0 Å². The average molecular weight is 237 g/mol. The normalized spacial score (nSPS) is 24.5. The molecule has 94 valence electrons. The maximum absolute atomic E-state index is 12.1. The molecule has 2 amide bonds. The van der Waals surface area contributed by atoms with Crippen LogP contribution in [0.1, 0.15) is 39.0 Å². The van der Waals surface area contributed by atoms with E-state index in [0.717, 1.165) is 19.5 Å². The Labute approximate surface area is 101 Å². The standard InChI is InChI=1S/C12H19N3O2/c1-2-3-9-6-7-15(8-9)12(17)10-4-5-11(16)14-13-10/h9H,2-8H2,1H3,(H,14,16). The van der Waals surface area contributed by atoms with Crippen LogP contribution in [0.5, 0.6) is 0 Å². The second-order valence-corrected chi connectivity index (χ2v) is 4.79. The number of hydrazone groups is 1. The number of nitrogens with one attached hydrogen (secondary N) is 1. The van der Waals surface area contributed by atoms with Crippen LogP contribution in [-0.4, -0.2) is 35.5 Å². The fourth-order valence-corrected chi connectivity index (χ4v) is 2.47. The van der Waals surface area contributed by atoms with Gasteiger partial charge in [-0.3, -0.25) is 9.59 Å². The van der Waals surface area contributed by atoms with Gasteiger partial charge in [0.1, 0.15) is 5.71 Å². The Morgan fingerprint density at radius 2 is 2.35 bits per heavy atom. The summed E-state index contributed by atoms with van der Waals surface area (Å²) >= 11 is 0. The van der Waals surface area contributed by atoms with E-state index in [4.69, 9.17) is 0 Å². The fraction of sp³-hybridized carbons (Fsp3) is 0.750. The van der Waals surface area contributed by atoms with E-state index in [2.05, 4.69) is 17.5 Å². The molecule has 0 aromatic heterocycles. The first kappa shape index (κ1) is 12.1. The highest BCUT2D eigenvalue weighted by Gasteiger charge is 2.29. The third kappa shape index (κ3) is 2.84. The first-order valence-corrected chi connectivity index (χ1v) is 6.35. The summed E-state index contributed by atoms with van der Waals surface area (Å²) in [4.78, 5) is 24.9. The Morgan fingerprint density at radius 1 is 1.53 bits per heavy atom. The number of nitrogens with zero attached hydrogens (tertiary/aromatic N) is 2. The number of amides is 2. The topological polar surface area (TPSA) is 61.8 Å². The average Bonchev–Trinajstić information content (AvgIpc) is 2.78. The van der Waals surface area contributed by atoms with Crippen molar-refractivity contribution < 1.29 is 9.59 Å². The van der Waals surface area contributed by atoms with E-state index in [9.17, 15) is 9.59 Å². The van der Waals surface area contributed by atoms with Gasteiger partial charge in [-0.05, 0) is 18.8 Å². The Kier molecular flexibility index (Phi) is 3.76. The van der Waals surface area contributed by atoms with E-state index in [0.29, 0.717) is 24.5 Å². The summed E-state index contributed by atoms with van der Waals surface area (Å²) < 4.78 is 0. The minimum absolute atomic E-state index is 0.00334. The molecule has 5 nitrogen and oxygen atoms in total. The van der Waals surface area contributed by atoms with Crippen molar-refractivity contribution in [1.29, 1.82) is 0 Å². The van der Waals surface area contributed by atoms with Gasteiger partial charge in [0, 0.05) is 25.9 Å². The van der Waals surface area contributed by atoms with Crippen LogP contribution in [0.2, 0.25) is 0 Å². The summed E-state index contributed by atoms with van der Waals surface area (Å²) in [6, 6.07) is 0. The molecule has 1 unspecified atom stereocenters. The quantitative estimate of drug-likeness (QED) is 0.792. The van der Waals surface area contributed by atoms with Crippen molar-refractivity contribution in [3.8, 4) is 0 Å². The molecule has 2 aliphatic heterocycles. The number of hydrogen-bond donors (Lipinski definition) is 1. The van der Waals surface area contributed by atoms with Gasteiger partial charge in [0.2, 0.25) is 5.91 Å². The summed E-state index contributed by atoms with van der Waals surface area (Å²) in [5.74, 6) is 0.540. The third-order valence-corrected chi connectivity index (χ3v) is 3.42. The molecule has 1 saturated heterocycles. The molecule has 1 N–H and O–H groups in total. The zero-order valence-corrected chi connectivity index (χ0v) is 10.2. The highest BCUT2D eigenvalue weighted by atomic mass is 16.2. The highest BCUT2D eigenvalue weighted by molar-refractivity contribution is 6.39. The second kappa shape index (κ2) is 5.29. The molecule has 0 aromatic rings. The first-order chi connectivity index (χ1) is 8.20. The maximum atomic E-state index is 12.1. The van der Waals surface area contributed by atoms with E-state index >= 15 is 0 Å². The molecule has 2 heterocycles. The van der Waals surface area contributed by atoms with Gasteiger partial charge in [-0.2, -0.15) is 5.10 Å². The van der Waals surface area contributed by atoms with Gasteiger partial charge in [0.25, 0.3) is 5.91 Å². The van der Waals surface area contributed by atoms with Crippen LogP contribution < -0.4 is 5.43 Å². The summed E-state index contributed by atoms with van der Waals surface area (Å²) in [6.45, 7) is 3.85. The third-order valence-electron chi connectivity index (χ3n) is 3.42. The molecule has 0 saturated carbocycles. The molecular formula is C12H19N3O2. The maximum Gasteiger partial charge on any atom is 0.270 e. The number of rotatable bonds is 3. The lowest BCUT2D eigenvalue weighted by molar-refractivity contribution is -0.123. The summed E-state index contributed by atoms with van der Waals surface area (Å²) in [5.41, 5.74) is 2.88. The SMILES string of the molecule is CCCC1CCN(C(=O)C2=NNC(=O)CC2)C1. The van der Waals surface area contributed by atoms with E-state index in [1.54, 1.807) is 0 Å². The molecule has 17 heavy (non-hydrogen) atoms. The van der Waals surface area contributed by atoms with Crippen LogP contribution in [0, 0.1) is 5.92 Å². The van der Waals surface area contributed by atoms with Gasteiger partial charge < -0.3 is 4.90 Å². The van der Waals surface area contributed by atoms with Gasteiger partial charge in [0.15, 0.2) is 0 Å². The second-order valence-electron chi connectivity index (χ2n) is 4.79. The Balaban J connectivity index is 1.91. The van der Waals surface area contributed by atoms with E-state index in [1.807, 2.05) is 4.90 Å². The van der Waals surface area contributed by atoms with Crippen molar-refractivity contribution in [2.75, 3.05) is 13.1 Å². The number of hydrogen-bond acceptors (Lipinski definition) is 3. The van der Waals surface area contributed by atoms with Gasteiger partial charge in [-0.25, -0.2) is 5.43 Å². The Hall–Kier alpha value is -1.39. The molecule has 0 spiro atoms. The molecule has 1 atom stereocenters. The number of carbonyl (C=O) groups excluding carboxylic acids is 2. The van der Waals surface area contributed by atoms with Crippen molar-refractivity contribution in [2.24, 2.45) is 11.0 Å². The van der Waals surface area contributed by atoms with Crippen LogP contribution in [0.3, 0.4) is 0 Å². The summed E-state index contributed by atoms with van der Waals surface area (Å²) in [5, 5.41) is 3.85. The molecule has 2 aliphatic rings. The van der Waals surface area contributed by atoms with E-state index < -0.39 is 0 Å². The molecule has 0 radical (unpaired) electrons. The van der Waals surface area contributed by atoms with Crippen LogP contribution in [0.4, 0.5) is 0 Å². The zero-order chi connectivity index (χ0) is 12.3. The number of likely N-dealkylation sites (tertiary alicyclic amines) is 1. The Bertz CT molecular complexity index is 352. The minimum atomic E-state index is -0.105. The van der Waals surface area contributed by atoms with Crippen molar-refractivity contribution >= 4 is 17.5 Å². The minimum Gasteiger partial charge on any atom is -0.337 e. The number of carbonyl (C=O) groups is 2. The van der Waals surface area contributed by atoms with Crippen molar-refractivity contribution in [2.45, 2.75) is 39.0 Å². The molecule has 0 bridgehead atoms. The Morgan fingerprint density at radius 3 is 3.00 bits per heavy atom. The fourth-order valence-electron chi connectivity index (χ4n) is 2.47. The van der Waals surface area contributed by atoms with Crippen LogP contribution in [0.15, 0.2) is 5.10 Å². The van der Waals surface area contributed by atoms with E-state index in [1.165, 1.54) is 12.8 Å². The molecule has 5 heteroatoms. The molecule has 2 rings (SSSR count). The van der Waals surface area contributed by atoms with Crippen molar-refractivity contribution in [1.82, 2.24) is 10.3 Å². The van der Waals surface area contributed by atoms with Crippen LogP contribution in [-0.2, 0) is 9.59 Å². The summed E-state index contributed by atoms with van der Waals surface area (Å²) in [6.07, 6.45) is 4.30. The lowest BCUT2D eigenvalue weighted by atomic mass is 10.0. The smallest absolute Gasteiger partial charge is 0.270 e. The molecular weight excluding hydrogens is 218 g/mol. The predicted octanol–water partition coefficient (Wildman–Crippen LogP) is 0.901. The van der Waals surface area contributed by atoms with Crippen molar-refractivity contribution in [3.05, 3.63) is 0 Å². The first-order valence-electron chi connectivity index (χ1n) is 6.35. The zero-order valence-electron chi connectivity index (χ0n) is 10.2. The predicted molar refractivity (Wildman–Crippen MR) is 64.4 cm³/mol. The van der Waals surface area contributed by atoms with Crippen LogP contribution >= 0.6 is 0 Å². The van der Waals surface area contributed by atoms with Gasteiger partial charge in [-0.15, -0.1) is 0 Å². The van der Waals surface area contributed by atoms with Gasteiger partial charge in [0.05, 0.1) is 0 Å². The monoisotopic (exact) mass is 237 g/mol. The lowest BCUT2D eigenvalue weighted by Gasteiger charge is -2.19. The highest BCUT2D eigenvalue weighted by Crippen LogP contribution is 2.21. The van der Waals surface area contributed by atoms with Crippen LogP contribution in [0.25, 0.3) is 0 Å². The molecule has 0 aliphatic carbocycles. The van der Waals surface area contributed by atoms with E-state index in [-0.39, 0.29) is 11.8 Å². The summed E-state index contributed by atoms with van der Waals surface area (Å²) in [7, 11) is 0. The molecule has 1 fully saturated rings. The van der Waals surface area contributed by atoms with Crippen molar-refractivity contribution in [3.63, 3.8) is 0 Å².